The molecule has 0 saturated carbocycles. The molecule has 6 nitrogen and oxygen atoms in total. The molecule has 1 heterocycles. The first-order valence-electron chi connectivity index (χ1n) is 10.1. The molecule has 1 aliphatic heterocycles. The first kappa shape index (κ1) is 21.2. The highest BCUT2D eigenvalue weighted by Gasteiger charge is 2.35. The van der Waals surface area contributed by atoms with Gasteiger partial charge in [0, 0.05) is 18.7 Å². The Kier molecular flexibility index (Phi) is 7.22. The van der Waals surface area contributed by atoms with Crippen LogP contribution in [0, 0.1) is 16.0 Å². The van der Waals surface area contributed by atoms with Gasteiger partial charge in [0.15, 0.2) is 5.75 Å². The van der Waals surface area contributed by atoms with Crippen molar-refractivity contribution < 1.29 is 14.5 Å². The van der Waals surface area contributed by atoms with Crippen LogP contribution in [0.4, 0.5) is 5.69 Å². The maximum absolute atomic E-state index is 13.0. The Morgan fingerprint density at radius 3 is 2.44 bits per heavy atom. The van der Waals surface area contributed by atoms with E-state index in [1.165, 1.54) is 6.07 Å². The molecule has 1 aromatic rings. The molecule has 0 spiro atoms. The van der Waals surface area contributed by atoms with Gasteiger partial charge in [0.25, 0.3) is 5.91 Å². The second kappa shape index (κ2) is 9.20. The topological polar surface area (TPSA) is 72.7 Å². The van der Waals surface area contributed by atoms with Gasteiger partial charge in [0.1, 0.15) is 0 Å². The van der Waals surface area contributed by atoms with Gasteiger partial charge >= 0.3 is 5.69 Å². The van der Waals surface area contributed by atoms with E-state index in [1.807, 2.05) is 18.7 Å². The molecule has 0 saturated heterocycles. The Morgan fingerprint density at radius 1 is 1.19 bits per heavy atom. The lowest BCUT2D eigenvalue weighted by molar-refractivity contribution is -0.386. The van der Waals surface area contributed by atoms with Crippen LogP contribution >= 0.6 is 0 Å². The molecule has 2 atom stereocenters. The van der Waals surface area contributed by atoms with Gasteiger partial charge in [0.2, 0.25) is 0 Å². The van der Waals surface area contributed by atoms with Crippen molar-refractivity contribution in [3.63, 3.8) is 0 Å². The maximum Gasteiger partial charge on any atom is 0.311 e. The third-order valence-corrected chi connectivity index (χ3v) is 5.33. The lowest BCUT2D eigenvalue weighted by Crippen LogP contribution is -2.35. The van der Waals surface area contributed by atoms with Crippen molar-refractivity contribution in [1.82, 2.24) is 4.90 Å². The normalized spacial score (nSPS) is 15.8. The molecule has 1 amide bonds. The molecular weight excluding hydrogens is 344 g/mol. The van der Waals surface area contributed by atoms with E-state index in [0.29, 0.717) is 18.0 Å². The lowest BCUT2D eigenvalue weighted by Gasteiger charge is -2.28. The summed E-state index contributed by atoms with van der Waals surface area (Å²) in [6, 6.07) is 3.26. The molecule has 2 unspecified atom stereocenters. The Morgan fingerprint density at radius 2 is 1.89 bits per heavy atom. The van der Waals surface area contributed by atoms with E-state index in [9.17, 15) is 14.9 Å². The number of ether oxygens (including phenoxy) is 1. The molecule has 0 radical (unpaired) electrons. The molecule has 0 bridgehead atoms. The van der Waals surface area contributed by atoms with Crippen LogP contribution in [0.15, 0.2) is 12.1 Å². The highest BCUT2D eigenvalue weighted by atomic mass is 16.6. The van der Waals surface area contributed by atoms with Gasteiger partial charge in [-0.15, -0.1) is 0 Å². The zero-order valence-corrected chi connectivity index (χ0v) is 17.2. The van der Waals surface area contributed by atoms with Gasteiger partial charge < -0.3 is 9.64 Å². The smallest absolute Gasteiger partial charge is 0.311 e. The Labute approximate surface area is 162 Å². The predicted octanol–water partition coefficient (Wildman–Crippen LogP) is 5.33. The van der Waals surface area contributed by atoms with Crippen LogP contribution in [0.25, 0.3) is 0 Å². The van der Waals surface area contributed by atoms with E-state index in [4.69, 9.17) is 4.74 Å². The number of carbonyl (C=O) groups is 1. The van der Waals surface area contributed by atoms with Crippen molar-refractivity contribution >= 4 is 11.6 Å². The number of fused-ring (bicyclic) bond motifs is 1. The molecule has 0 aromatic heterocycles. The number of nitrogens with zero attached hydrogens (tertiary/aromatic N) is 2. The third kappa shape index (κ3) is 4.99. The Hall–Kier alpha value is -2.11. The lowest BCUT2D eigenvalue weighted by atomic mass is 9.96. The summed E-state index contributed by atoms with van der Waals surface area (Å²) in [4.78, 5) is 25.9. The minimum atomic E-state index is -0.472. The number of benzene rings is 1. The van der Waals surface area contributed by atoms with Crippen LogP contribution in [0.5, 0.6) is 5.75 Å². The number of nitro groups is 1. The number of amides is 1. The van der Waals surface area contributed by atoms with E-state index in [2.05, 4.69) is 20.8 Å². The number of nitro benzene ring substituents is 1. The van der Waals surface area contributed by atoms with Gasteiger partial charge in [-0.3, -0.25) is 14.9 Å². The van der Waals surface area contributed by atoms with Crippen molar-refractivity contribution in [2.75, 3.05) is 0 Å². The van der Waals surface area contributed by atoms with E-state index < -0.39 is 4.92 Å². The van der Waals surface area contributed by atoms with Gasteiger partial charge in [-0.25, -0.2) is 0 Å². The van der Waals surface area contributed by atoms with E-state index in [0.717, 1.165) is 37.7 Å². The molecule has 150 valence electrons. The predicted molar refractivity (Wildman–Crippen MR) is 106 cm³/mol. The second-order valence-electron chi connectivity index (χ2n) is 7.87. The fourth-order valence-electron chi connectivity index (χ4n) is 3.61. The summed E-state index contributed by atoms with van der Waals surface area (Å²) in [7, 11) is 0. The molecule has 27 heavy (non-hydrogen) atoms. The SMILES string of the molecule is CCCC(CCC(C)CC)N1Cc2cc(OC(C)C)c([N+](=O)[O-])cc2C1=O. The Balaban J connectivity index is 2.29. The van der Waals surface area contributed by atoms with Crippen molar-refractivity contribution in [3.05, 3.63) is 33.4 Å². The van der Waals surface area contributed by atoms with Crippen LogP contribution in [-0.2, 0) is 6.54 Å². The summed E-state index contributed by atoms with van der Waals surface area (Å²) >= 11 is 0. The molecule has 2 rings (SSSR count). The quantitative estimate of drug-likeness (QED) is 0.408. The maximum atomic E-state index is 13.0. The first-order chi connectivity index (χ1) is 12.8. The molecule has 0 fully saturated rings. The highest BCUT2D eigenvalue weighted by molar-refractivity contribution is 5.99. The largest absolute Gasteiger partial charge is 0.484 e. The fourth-order valence-corrected chi connectivity index (χ4v) is 3.61. The fraction of sp³-hybridized carbons (Fsp3) is 0.667. The zero-order valence-electron chi connectivity index (χ0n) is 17.2. The van der Waals surface area contributed by atoms with Crippen LogP contribution in [0.2, 0.25) is 0 Å². The Bertz CT molecular complexity index is 687. The third-order valence-electron chi connectivity index (χ3n) is 5.33. The van der Waals surface area contributed by atoms with Crippen molar-refractivity contribution in [2.45, 2.75) is 85.4 Å². The summed E-state index contributed by atoms with van der Waals surface area (Å²) in [6.45, 7) is 10.7. The average Bonchev–Trinajstić information content (AvgIpc) is 2.92. The zero-order chi connectivity index (χ0) is 20.1. The van der Waals surface area contributed by atoms with Crippen molar-refractivity contribution in [1.29, 1.82) is 0 Å². The number of rotatable bonds is 10. The van der Waals surface area contributed by atoms with Crippen molar-refractivity contribution in [3.8, 4) is 5.75 Å². The summed E-state index contributed by atoms with van der Waals surface area (Å²) in [5.74, 6) is 0.790. The standard InChI is InChI=1S/C21H32N2O4/c1-6-8-17(10-9-15(5)7-2)22-13-16-11-20(27-14(3)4)19(23(25)26)12-18(16)21(22)24/h11-12,14-15,17H,6-10,13H2,1-5H3. The highest BCUT2D eigenvalue weighted by Crippen LogP contribution is 2.37. The molecule has 1 aromatic carbocycles. The summed E-state index contributed by atoms with van der Waals surface area (Å²) < 4.78 is 5.63. The molecule has 6 heteroatoms. The minimum absolute atomic E-state index is 0.0909. The molecule has 0 aliphatic carbocycles. The van der Waals surface area contributed by atoms with Gasteiger partial charge in [-0.05, 0) is 50.7 Å². The number of hydrogen-bond acceptors (Lipinski definition) is 4. The van der Waals surface area contributed by atoms with E-state index in [1.54, 1.807) is 6.07 Å². The summed E-state index contributed by atoms with van der Waals surface area (Å²) in [6.07, 6.45) is 4.98. The van der Waals surface area contributed by atoms with Crippen molar-refractivity contribution in [2.24, 2.45) is 5.92 Å². The van der Waals surface area contributed by atoms with E-state index >= 15 is 0 Å². The average molecular weight is 376 g/mol. The van der Waals surface area contributed by atoms with Gasteiger partial charge in [0.05, 0.1) is 16.6 Å². The van der Waals surface area contributed by atoms with Crippen LogP contribution in [-0.4, -0.2) is 27.9 Å². The first-order valence-corrected chi connectivity index (χ1v) is 10.1. The van der Waals surface area contributed by atoms with Gasteiger partial charge in [-0.1, -0.05) is 33.6 Å². The molecule has 0 N–H and O–H groups in total. The van der Waals surface area contributed by atoms with E-state index in [-0.39, 0.29) is 29.5 Å². The van der Waals surface area contributed by atoms with Gasteiger partial charge in [-0.2, -0.15) is 0 Å². The number of hydrogen-bond donors (Lipinski definition) is 0. The van der Waals surface area contributed by atoms with Crippen LogP contribution < -0.4 is 4.74 Å². The summed E-state index contributed by atoms with van der Waals surface area (Å²) in [5, 5.41) is 11.4. The molecular formula is C21H32N2O4. The second-order valence-corrected chi connectivity index (χ2v) is 7.87. The summed E-state index contributed by atoms with van der Waals surface area (Å²) in [5.41, 5.74) is 1.14. The van der Waals surface area contributed by atoms with Crippen LogP contribution in [0.1, 0.15) is 82.6 Å². The minimum Gasteiger partial charge on any atom is -0.484 e. The van der Waals surface area contributed by atoms with Crippen LogP contribution in [0.3, 0.4) is 0 Å². The number of carbonyl (C=O) groups excluding carboxylic acids is 1. The molecule has 1 aliphatic rings. The monoisotopic (exact) mass is 376 g/mol.